The number of nitrogens with one attached hydrogen (secondary N) is 2. The lowest BCUT2D eigenvalue weighted by Crippen LogP contribution is -2.49. The number of aromatic nitrogens is 4. The number of hydrogen-bond acceptors (Lipinski definition) is 6. The second kappa shape index (κ2) is 6.23. The first-order valence-electron chi connectivity index (χ1n) is 8.17. The van der Waals surface area contributed by atoms with Gasteiger partial charge in [-0.2, -0.15) is 5.10 Å². The van der Waals surface area contributed by atoms with Crippen LogP contribution in [0.1, 0.15) is 22.4 Å². The molecule has 2 N–H and O–H groups in total. The van der Waals surface area contributed by atoms with Gasteiger partial charge in [-0.15, -0.1) is 0 Å². The number of nitro benzene ring substituents is 1. The Balaban J connectivity index is 1.74. The predicted octanol–water partition coefficient (Wildman–Crippen LogP) is 0.991. The summed E-state index contributed by atoms with van der Waals surface area (Å²) in [7, 11) is 1.88. The number of carbonyl (C=O) groups excluding carboxylic acids is 1. The fourth-order valence-electron chi connectivity index (χ4n) is 3.29. The summed E-state index contributed by atoms with van der Waals surface area (Å²) in [5.41, 5.74) is 0.696. The number of amides is 1. The van der Waals surface area contributed by atoms with E-state index in [-0.39, 0.29) is 23.3 Å². The highest BCUT2D eigenvalue weighted by Crippen LogP contribution is 2.27. The number of piperazine rings is 1. The molecule has 0 saturated carbocycles. The van der Waals surface area contributed by atoms with E-state index in [1.54, 1.807) is 17.2 Å². The Morgan fingerprint density at radius 3 is 3.00 bits per heavy atom. The maximum atomic E-state index is 13.2. The van der Waals surface area contributed by atoms with Crippen LogP contribution in [0.2, 0.25) is 0 Å². The zero-order chi connectivity index (χ0) is 18.3. The maximum absolute atomic E-state index is 13.2. The van der Waals surface area contributed by atoms with E-state index >= 15 is 0 Å². The van der Waals surface area contributed by atoms with Gasteiger partial charge in [0.1, 0.15) is 11.9 Å². The molecular formula is C16H17N7O3. The van der Waals surface area contributed by atoms with Crippen molar-refractivity contribution in [3.8, 4) is 0 Å². The Hall–Kier alpha value is -3.27. The standard InChI is InChI=1S/C16H17N7O3/c1-21-6-5-18-15(21)13-9-17-4-7-22(13)16(24)14-11-8-10(23(25)26)2-3-12(11)19-20-14/h2-3,5-6,8,13,17H,4,7,9H2,1H3,(H,19,20). The predicted molar refractivity (Wildman–Crippen MR) is 92.6 cm³/mol. The summed E-state index contributed by atoms with van der Waals surface area (Å²) in [4.78, 5) is 29.8. The van der Waals surface area contributed by atoms with Crippen molar-refractivity contribution in [2.24, 2.45) is 7.05 Å². The highest BCUT2D eigenvalue weighted by atomic mass is 16.6. The first-order chi connectivity index (χ1) is 12.6. The molecule has 1 unspecified atom stereocenters. The molecule has 10 nitrogen and oxygen atoms in total. The number of carbonyl (C=O) groups is 1. The molecule has 1 fully saturated rings. The third-order valence-electron chi connectivity index (χ3n) is 4.62. The third kappa shape index (κ3) is 2.60. The average Bonchev–Trinajstić information content (AvgIpc) is 3.26. The molecule has 3 aromatic rings. The van der Waals surface area contributed by atoms with Gasteiger partial charge in [0.25, 0.3) is 11.6 Å². The molecular weight excluding hydrogens is 338 g/mol. The van der Waals surface area contributed by atoms with Gasteiger partial charge < -0.3 is 14.8 Å². The van der Waals surface area contributed by atoms with Gasteiger partial charge in [-0.25, -0.2) is 4.98 Å². The van der Waals surface area contributed by atoms with Crippen LogP contribution in [0.15, 0.2) is 30.6 Å². The number of rotatable bonds is 3. The number of fused-ring (bicyclic) bond motifs is 1. The van der Waals surface area contributed by atoms with Crippen molar-refractivity contribution in [1.82, 2.24) is 30.0 Å². The largest absolute Gasteiger partial charge is 0.336 e. The van der Waals surface area contributed by atoms with E-state index in [1.807, 2.05) is 17.8 Å². The molecule has 134 valence electrons. The number of imidazole rings is 1. The first kappa shape index (κ1) is 16.2. The van der Waals surface area contributed by atoms with E-state index in [0.29, 0.717) is 30.5 Å². The van der Waals surface area contributed by atoms with Crippen molar-refractivity contribution in [2.75, 3.05) is 19.6 Å². The quantitative estimate of drug-likeness (QED) is 0.534. The molecule has 0 radical (unpaired) electrons. The number of H-pyrrole nitrogens is 1. The topological polar surface area (TPSA) is 122 Å². The molecule has 1 aliphatic rings. The molecule has 0 spiro atoms. The molecule has 0 aliphatic carbocycles. The van der Waals surface area contributed by atoms with E-state index < -0.39 is 4.92 Å². The van der Waals surface area contributed by atoms with Crippen LogP contribution in [0, 0.1) is 10.1 Å². The molecule has 1 amide bonds. The lowest BCUT2D eigenvalue weighted by Gasteiger charge is -2.35. The number of nitro groups is 1. The van der Waals surface area contributed by atoms with Crippen molar-refractivity contribution in [3.05, 3.63) is 52.2 Å². The number of aryl methyl sites for hydroxylation is 1. The summed E-state index contributed by atoms with van der Waals surface area (Å²) < 4.78 is 1.88. The van der Waals surface area contributed by atoms with E-state index in [4.69, 9.17) is 0 Å². The molecule has 1 atom stereocenters. The third-order valence-corrected chi connectivity index (χ3v) is 4.62. The van der Waals surface area contributed by atoms with Crippen LogP contribution in [0.4, 0.5) is 5.69 Å². The van der Waals surface area contributed by atoms with Crippen molar-refractivity contribution in [2.45, 2.75) is 6.04 Å². The van der Waals surface area contributed by atoms with Gasteiger partial charge in [0.15, 0.2) is 5.69 Å². The van der Waals surface area contributed by atoms with E-state index in [2.05, 4.69) is 20.5 Å². The van der Waals surface area contributed by atoms with Crippen LogP contribution in [0.3, 0.4) is 0 Å². The minimum Gasteiger partial charge on any atom is -0.336 e. The Morgan fingerprint density at radius 2 is 2.27 bits per heavy atom. The number of nitrogens with zero attached hydrogens (tertiary/aromatic N) is 5. The first-order valence-corrected chi connectivity index (χ1v) is 8.17. The van der Waals surface area contributed by atoms with Crippen LogP contribution in [0.25, 0.3) is 10.9 Å². The summed E-state index contributed by atoms with van der Waals surface area (Å²) in [5.74, 6) is 0.502. The van der Waals surface area contributed by atoms with Crippen LogP contribution in [-0.2, 0) is 7.05 Å². The average molecular weight is 355 g/mol. The minimum absolute atomic E-state index is 0.0751. The Morgan fingerprint density at radius 1 is 1.42 bits per heavy atom. The van der Waals surface area contributed by atoms with Gasteiger partial charge in [-0.1, -0.05) is 0 Å². The summed E-state index contributed by atoms with van der Waals surface area (Å²) >= 11 is 0. The van der Waals surface area contributed by atoms with Crippen LogP contribution >= 0.6 is 0 Å². The molecule has 1 aromatic carbocycles. The number of non-ortho nitro benzene ring substituents is 1. The summed E-state index contributed by atoms with van der Waals surface area (Å²) in [6.45, 7) is 1.74. The van der Waals surface area contributed by atoms with E-state index in [9.17, 15) is 14.9 Å². The lowest BCUT2D eigenvalue weighted by atomic mass is 10.1. The summed E-state index contributed by atoms with van der Waals surface area (Å²) in [5, 5.41) is 21.7. The number of aromatic amines is 1. The summed E-state index contributed by atoms with van der Waals surface area (Å²) in [6.07, 6.45) is 3.53. The molecule has 3 heterocycles. The van der Waals surface area contributed by atoms with Gasteiger partial charge in [-0.05, 0) is 6.07 Å². The molecule has 10 heteroatoms. The van der Waals surface area contributed by atoms with Crippen LogP contribution in [-0.4, -0.2) is 55.1 Å². The molecule has 4 rings (SSSR count). The van der Waals surface area contributed by atoms with Crippen LogP contribution < -0.4 is 5.32 Å². The van der Waals surface area contributed by atoms with Crippen LogP contribution in [0.5, 0.6) is 0 Å². The molecule has 0 bridgehead atoms. The zero-order valence-electron chi connectivity index (χ0n) is 14.0. The van der Waals surface area contributed by atoms with Crippen molar-refractivity contribution in [1.29, 1.82) is 0 Å². The van der Waals surface area contributed by atoms with Crippen molar-refractivity contribution < 1.29 is 9.72 Å². The Bertz CT molecular complexity index is 993. The van der Waals surface area contributed by atoms with Gasteiger partial charge >= 0.3 is 0 Å². The lowest BCUT2D eigenvalue weighted by molar-refractivity contribution is -0.384. The van der Waals surface area contributed by atoms with E-state index in [1.165, 1.54) is 12.1 Å². The summed E-state index contributed by atoms with van der Waals surface area (Å²) in [6, 6.07) is 4.09. The zero-order valence-corrected chi connectivity index (χ0v) is 14.0. The second-order valence-electron chi connectivity index (χ2n) is 6.17. The van der Waals surface area contributed by atoms with Gasteiger partial charge in [0.2, 0.25) is 0 Å². The van der Waals surface area contributed by atoms with Crippen molar-refractivity contribution in [3.63, 3.8) is 0 Å². The number of hydrogen-bond donors (Lipinski definition) is 2. The van der Waals surface area contributed by atoms with E-state index in [0.717, 1.165) is 5.82 Å². The SMILES string of the molecule is Cn1ccnc1C1CNCCN1C(=O)c1n[nH]c2ccc([N+](=O)[O-])cc12. The smallest absolute Gasteiger partial charge is 0.275 e. The second-order valence-corrected chi connectivity index (χ2v) is 6.17. The van der Waals surface area contributed by atoms with Gasteiger partial charge in [0, 0.05) is 56.6 Å². The van der Waals surface area contributed by atoms with Gasteiger partial charge in [0.05, 0.1) is 10.4 Å². The fraction of sp³-hybridized carbons (Fsp3) is 0.312. The normalized spacial score (nSPS) is 17.6. The molecule has 26 heavy (non-hydrogen) atoms. The minimum atomic E-state index is -0.484. The number of benzene rings is 1. The Labute approximate surface area is 148 Å². The highest BCUT2D eigenvalue weighted by Gasteiger charge is 2.33. The molecule has 2 aromatic heterocycles. The molecule has 1 saturated heterocycles. The molecule has 1 aliphatic heterocycles. The highest BCUT2D eigenvalue weighted by molar-refractivity contribution is 6.05. The monoisotopic (exact) mass is 355 g/mol. The van der Waals surface area contributed by atoms with Gasteiger partial charge in [-0.3, -0.25) is 20.0 Å². The Kier molecular flexibility index (Phi) is 3.88. The fourth-order valence-corrected chi connectivity index (χ4v) is 3.29. The van der Waals surface area contributed by atoms with Crippen molar-refractivity contribution >= 4 is 22.5 Å². The maximum Gasteiger partial charge on any atom is 0.275 e.